The number of primary amides is 1. The first-order valence-corrected chi connectivity index (χ1v) is 10.8. The van der Waals surface area contributed by atoms with Crippen molar-refractivity contribution >= 4 is 23.2 Å². The molecular weight excluding hydrogens is 386 g/mol. The zero-order valence-electron chi connectivity index (χ0n) is 17.1. The van der Waals surface area contributed by atoms with Crippen LogP contribution in [0.5, 0.6) is 5.75 Å². The molecule has 3 N–H and O–H groups in total. The number of rotatable bonds is 8. The van der Waals surface area contributed by atoms with E-state index in [4.69, 9.17) is 20.4 Å². The van der Waals surface area contributed by atoms with Crippen LogP contribution < -0.4 is 15.8 Å². The molecule has 7 nitrogen and oxygen atoms in total. The van der Waals surface area contributed by atoms with Crippen molar-refractivity contribution in [2.75, 3.05) is 20.2 Å². The standard InChI is InChI=1S/C21H29N5O2S/c1-3-23-21(24-12-15-7-6-8-16(11-15)28-14-19(22)27)26(2)13-20-25-17-9-4-5-10-18(17)29-20/h6-8,11H,3-5,9-10,12-14H2,1-2H3,(H2,22,27)(H,23,24). The fraction of sp³-hybridized carbons (Fsp3) is 0.476. The molecule has 0 bridgehead atoms. The lowest BCUT2D eigenvalue weighted by molar-refractivity contribution is -0.119. The number of nitrogens with zero attached hydrogens (tertiary/aromatic N) is 3. The van der Waals surface area contributed by atoms with Gasteiger partial charge in [-0.2, -0.15) is 0 Å². The Balaban J connectivity index is 1.65. The van der Waals surface area contributed by atoms with Crippen molar-refractivity contribution in [3.63, 3.8) is 0 Å². The van der Waals surface area contributed by atoms with Crippen molar-refractivity contribution in [3.05, 3.63) is 45.4 Å². The highest BCUT2D eigenvalue weighted by molar-refractivity contribution is 7.11. The highest BCUT2D eigenvalue weighted by Crippen LogP contribution is 2.27. The van der Waals surface area contributed by atoms with Crippen LogP contribution in [0, 0.1) is 0 Å². The van der Waals surface area contributed by atoms with Gasteiger partial charge in [-0.15, -0.1) is 11.3 Å². The number of thiazole rings is 1. The summed E-state index contributed by atoms with van der Waals surface area (Å²) in [5.74, 6) is 0.959. The molecule has 0 aliphatic heterocycles. The van der Waals surface area contributed by atoms with E-state index in [-0.39, 0.29) is 6.61 Å². The average Bonchev–Trinajstić information content (AvgIpc) is 3.12. The van der Waals surface area contributed by atoms with E-state index < -0.39 is 5.91 Å². The lowest BCUT2D eigenvalue weighted by Crippen LogP contribution is -2.38. The first-order valence-electron chi connectivity index (χ1n) is 10.0. The van der Waals surface area contributed by atoms with Gasteiger partial charge in [0.05, 0.1) is 18.8 Å². The van der Waals surface area contributed by atoms with Crippen molar-refractivity contribution in [2.45, 2.75) is 45.7 Å². The number of aromatic nitrogens is 1. The normalized spacial score (nSPS) is 13.7. The van der Waals surface area contributed by atoms with Crippen molar-refractivity contribution in [3.8, 4) is 5.75 Å². The zero-order valence-corrected chi connectivity index (χ0v) is 17.9. The number of guanidine groups is 1. The van der Waals surface area contributed by atoms with Crippen molar-refractivity contribution in [1.29, 1.82) is 0 Å². The maximum atomic E-state index is 10.9. The zero-order chi connectivity index (χ0) is 20.6. The van der Waals surface area contributed by atoms with Crippen molar-refractivity contribution in [2.24, 2.45) is 10.7 Å². The van der Waals surface area contributed by atoms with Gasteiger partial charge in [0.15, 0.2) is 12.6 Å². The molecule has 0 saturated carbocycles. The van der Waals surface area contributed by atoms with E-state index in [9.17, 15) is 4.79 Å². The first kappa shape index (κ1) is 21.1. The number of aryl methyl sites for hydroxylation is 2. The third-order valence-electron chi connectivity index (χ3n) is 4.65. The largest absolute Gasteiger partial charge is 0.484 e. The molecule has 2 aromatic rings. The van der Waals surface area contributed by atoms with Gasteiger partial charge in [-0.3, -0.25) is 4.79 Å². The van der Waals surface area contributed by atoms with Crippen LogP contribution in [0.15, 0.2) is 29.3 Å². The van der Waals surface area contributed by atoms with Crippen LogP contribution >= 0.6 is 11.3 Å². The van der Waals surface area contributed by atoms with Gasteiger partial charge in [-0.1, -0.05) is 12.1 Å². The monoisotopic (exact) mass is 415 g/mol. The van der Waals surface area contributed by atoms with Crippen LogP contribution in [0.1, 0.15) is 40.9 Å². The summed E-state index contributed by atoms with van der Waals surface area (Å²) in [6.07, 6.45) is 4.80. The molecule has 0 fully saturated rings. The van der Waals surface area contributed by atoms with Crippen LogP contribution in [-0.2, 0) is 30.7 Å². The Morgan fingerprint density at radius 1 is 1.38 bits per heavy atom. The Morgan fingerprint density at radius 2 is 2.21 bits per heavy atom. The predicted molar refractivity (Wildman–Crippen MR) is 116 cm³/mol. The molecule has 8 heteroatoms. The van der Waals surface area contributed by atoms with Gasteiger partial charge < -0.3 is 20.7 Å². The molecule has 1 heterocycles. The van der Waals surface area contributed by atoms with Crippen molar-refractivity contribution < 1.29 is 9.53 Å². The Hall–Kier alpha value is -2.61. The molecule has 156 valence electrons. The van der Waals surface area contributed by atoms with E-state index in [2.05, 4.69) is 17.1 Å². The SMILES string of the molecule is CCNC(=NCc1cccc(OCC(N)=O)c1)N(C)Cc1nc2c(s1)CCCC2. The second kappa shape index (κ2) is 10.2. The quantitative estimate of drug-likeness (QED) is 0.510. The number of nitrogens with one attached hydrogen (secondary N) is 1. The van der Waals surface area contributed by atoms with E-state index in [1.807, 2.05) is 36.6 Å². The van der Waals surface area contributed by atoms with E-state index in [0.717, 1.165) is 36.0 Å². The molecule has 1 aromatic heterocycles. The number of nitrogens with two attached hydrogens (primary N) is 1. The van der Waals surface area contributed by atoms with Crippen molar-refractivity contribution in [1.82, 2.24) is 15.2 Å². The minimum absolute atomic E-state index is 0.129. The maximum absolute atomic E-state index is 10.9. The van der Waals surface area contributed by atoms with E-state index in [0.29, 0.717) is 12.3 Å². The Labute approximate surface area is 176 Å². The number of aliphatic imine (C=N–C) groups is 1. The fourth-order valence-corrected chi connectivity index (χ4v) is 4.49. The van der Waals surface area contributed by atoms with Crippen LogP contribution in [-0.4, -0.2) is 41.9 Å². The van der Waals surface area contributed by atoms with Crippen LogP contribution in [0.25, 0.3) is 0 Å². The highest BCUT2D eigenvalue weighted by atomic mass is 32.1. The number of carbonyl (C=O) groups is 1. The van der Waals surface area contributed by atoms with Gasteiger partial charge in [0.1, 0.15) is 10.8 Å². The minimum Gasteiger partial charge on any atom is -0.484 e. The molecule has 1 amide bonds. The summed E-state index contributed by atoms with van der Waals surface area (Å²) in [5, 5.41) is 4.49. The number of ether oxygens (including phenoxy) is 1. The molecule has 1 aliphatic rings. The molecule has 29 heavy (non-hydrogen) atoms. The smallest absolute Gasteiger partial charge is 0.255 e. The summed E-state index contributed by atoms with van der Waals surface area (Å²) in [6, 6.07) is 7.56. The lowest BCUT2D eigenvalue weighted by atomic mass is 10.0. The van der Waals surface area contributed by atoms with Gasteiger partial charge in [0.25, 0.3) is 5.91 Å². The summed E-state index contributed by atoms with van der Waals surface area (Å²) in [6.45, 7) is 3.97. The fourth-order valence-electron chi connectivity index (χ4n) is 3.27. The van der Waals surface area contributed by atoms with Crippen LogP contribution in [0.3, 0.4) is 0 Å². The minimum atomic E-state index is -0.492. The molecule has 0 radical (unpaired) electrons. The molecule has 1 aromatic carbocycles. The lowest BCUT2D eigenvalue weighted by Gasteiger charge is -2.21. The topological polar surface area (TPSA) is 92.8 Å². The molecule has 0 saturated heterocycles. The number of benzene rings is 1. The van der Waals surface area contributed by atoms with Gasteiger partial charge >= 0.3 is 0 Å². The second-order valence-electron chi connectivity index (χ2n) is 7.11. The molecule has 0 spiro atoms. The van der Waals surface area contributed by atoms with Gasteiger partial charge in [-0.25, -0.2) is 9.98 Å². The summed E-state index contributed by atoms with van der Waals surface area (Å²) in [4.78, 5) is 24.1. The Morgan fingerprint density at radius 3 is 2.97 bits per heavy atom. The number of amides is 1. The Bertz CT molecular complexity index is 841. The molecular formula is C21H29N5O2S. The maximum Gasteiger partial charge on any atom is 0.255 e. The third-order valence-corrected chi connectivity index (χ3v) is 5.79. The van der Waals surface area contributed by atoms with Crippen LogP contribution in [0.4, 0.5) is 0 Å². The summed E-state index contributed by atoms with van der Waals surface area (Å²) in [5.41, 5.74) is 7.43. The van der Waals surface area contributed by atoms with Gasteiger partial charge in [0.2, 0.25) is 0 Å². The van der Waals surface area contributed by atoms with Gasteiger partial charge in [0, 0.05) is 18.5 Å². The van der Waals surface area contributed by atoms with Crippen LogP contribution in [0.2, 0.25) is 0 Å². The average molecular weight is 416 g/mol. The summed E-state index contributed by atoms with van der Waals surface area (Å²) < 4.78 is 5.37. The highest BCUT2D eigenvalue weighted by Gasteiger charge is 2.17. The van der Waals surface area contributed by atoms with E-state index >= 15 is 0 Å². The Kier molecular flexibility index (Phi) is 7.46. The number of hydrogen-bond acceptors (Lipinski definition) is 5. The van der Waals surface area contributed by atoms with Gasteiger partial charge in [-0.05, 0) is 50.3 Å². The molecule has 3 rings (SSSR count). The second-order valence-corrected chi connectivity index (χ2v) is 8.28. The molecule has 1 aliphatic carbocycles. The number of carbonyl (C=O) groups excluding carboxylic acids is 1. The van der Waals surface area contributed by atoms with E-state index in [1.165, 1.54) is 29.8 Å². The first-order chi connectivity index (χ1) is 14.0. The molecule has 0 atom stereocenters. The number of hydrogen-bond donors (Lipinski definition) is 2. The molecule has 0 unspecified atom stereocenters. The van der Waals surface area contributed by atoms with E-state index in [1.54, 1.807) is 6.07 Å². The third kappa shape index (κ3) is 6.19. The number of fused-ring (bicyclic) bond motifs is 1. The summed E-state index contributed by atoms with van der Waals surface area (Å²) >= 11 is 1.83. The predicted octanol–water partition coefficient (Wildman–Crippen LogP) is 2.48. The summed E-state index contributed by atoms with van der Waals surface area (Å²) in [7, 11) is 2.04.